The van der Waals surface area contributed by atoms with Crippen LogP contribution in [0.3, 0.4) is 0 Å². The topological polar surface area (TPSA) is 144 Å². The van der Waals surface area contributed by atoms with Gasteiger partial charge in [-0.2, -0.15) is 0 Å². The molecule has 0 radical (unpaired) electrons. The first-order valence-corrected chi connectivity index (χ1v) is 25.9. The molecule has 2 amide bonds. The van der Waals surface area contributed by atoms with Crippen molar-refractivity contribution in [1.29, 1.82) is 0 Å². The number of aryl methyl sites for hydroxylation is 2. The van der Waals surface area contributed by atoms with Gasteiger partial charge in [0.15, 0.2) is 0 Å². The van der Waals surface area contributed by atoms with Crippen molar-refractivity contribution in [2.75, 3.05) is 20.2 Å². The second kappa shape index (κ2) is 22.1. The molecule has 8 aromatic rings. The standard InChI is InChI=1S/C36H35Cl2N3O4.C21H21Cl2N3O3/c1-22(2)45-31-18-30(37)28-15-17-41(36(42)32(28)33(31)38)20-29-27-14-16-40(19-24-10-12-26(43-4)13-11-24)34(27)23(3)39-35(29)44-21-25-8-6-5-7-9-25;1-10(2)29-16-8-15(22)13-5-7-26(21(28)17(13)18(16)23)9-14-12-4-6-24-19(12)11(3)25-20(14)27/h5-14,16,18,22H,15,17,19-21H2,1-4H3;4,6,8,10,24H,5,7,9H2,1-3H3,(H,25,27). The summed E-state index contributed by atoms with van der Waals surface area (Å²) < 4.78 is 25.5. The predicted octanol–water partition coefficient (Wildman–Crippen LogP) is 12.7. The minimum Gasteiger partial charge on any atom is -0.497 e. The molecule has 4 aromatic carbocycles. The number of rotatable bonds is 14. The number of aromatic amines is 2. The lowest BCUT2D eigenvalue weighted by molar-refractivity contribution is 0.0718. The molecule has 0 saturated heterocycles. The van der Waals surface area contributed by atoms with Crippen molar-refractivity contribution in [3.63, 3.8) is 0 Å². The minimum absolute atomic E-state index is 0.107. The van der Waals surface area contributed by atoms with E-state index in [1.165, 1.54) is 0 Å². The van der Waals surface area contributed by atoms with Crippen molar-refractivity contribution < 1.29 is 28.5 Å². The first-order chi connectivity index (χ1) is 35.5. The van der Waals surface area contributed by atoms with Gasteiger partial charge in [0.2, 0.25) is 5.88 Å². The highest BCUT2D eigenvalue weighted by Crippen LogP contribution is 2.42. The van der Waals surface area contributed by atoms with E-state index >= 15 is 0 Å². The number of carbonyl (C=O) groups is 2. The number of hydrogen-bond acceptors (Lipinski definition) is 8. The number of methoxy groups -OCH3 is 1. The summed E-state index contributed by atoms with van der Waals surface area (Å²) in [6.45, 7) is 13.8. The molecule has 0 fully saturated rings. The highest BCUT2D eigenvalue weighted by Gasteiger charge is 2.34. The fourth-order valence-electron chi connectivity index (χ4n) is 9.67. The Morgan fingerprint density at radius 3 is 1.84 bits per heavy atom. The zero-order chi connectivity index (χ0) is 52.5. The summed E-state index contributed by atoms with van der Waals surface area (Å²) in [6.07, 6.45) is 4.75. The summed E-state index contributed by atoms with van der Waals surface area (Å²) in [5, 5.41) is 3.30. The number of H-pyrrole nitrogens is 2. The fraction of sp³-hybridized carbons (Fsp3) is 0.298. The number of pyridine rings is 2. The molecule has 17 heteroatoms. The van der Waals surface area contributed by atoms with Gasteiger partial charge in [-0.15, -0.1) is 0 Å². The molecule has 384 valence electrons. The van der Waals surface area contributed by atoms with Crippen molar-refractivity contribution in [2.45, 2.75) is 92.8 Å². The van der Waals surface area contributed by atoms with Crippen molar-refractivity contribution in [2.24, 2.45) is 0 Å². The van der Waals surface area contributed by atoms with E-state index in [2.05, 4.69) is 38.9 Å². The zero-order valence-electron chi connectivity index (χ0n) is 42.1. The molecule has 0 atom stereocenters. The molecule has 0 saturated carbocycles. The van der Waals surface area contributed by atoms with Gasteiger partial charge >= 0.3 is 0 Å². The first-order valence-electron chi connectivity index (χ1n) is 24.4. The normalized spacial score (nSPS) is 13.4. The van der Waals surface area contributed by atoms with E-state index in [4.69, 9.17) is 70.3 Å². The van der Waals surface area contributed by atoms with Crippen molar-refractivity contribution in [3.8, 4) is 23.1 Å². The first kappa shape index (κ1) is 52.2. The molecular formula is C57H56Cl4N6O7. The molecule has 0 aliphatic carbocycles. The van der Waals surface area contributed by atoms with E-state index in [9.17, 15) is 14.4 Å². The number of aromatic nitrogens is 4. The van der Waals surface area contributed by atoms with Crippen LogP contribution in [-0.2, 0) is 39.1 Å². The van der Waals surface area contributed by atoms with Crippen LogP contribution in [0.5, 0.6) is 23.1 Å². The van der Waals surface area contributed by atoms with Crippen LogP contribution in [-0.4, -0.2) is 73.5 Å². The third kappa shape index (κ3) is 10.7. The Balaban J connectivity index is 0.000000200. The lowest BCUT2D eigenvalue weighted by Crippen LogP contribution is -2.39. The summed E-state index contributed by atoms with van der Waals surface area (Å²) in [7, 11) is 1.66. The number of nitrogens with one attached hydrogen (secondary N) is 2. The molecule has 2 aliphatic rings. The summed E-state index contributed by atoms with van der Waals surface area (Å²) in [5.74, 6) is 1.67. The Hall–Kier alpha value is -6.64. The Morgan fingerprint density at radius 2 is 1.27 bits per heavy atom. The largest absolute Gasteiger partial charge is 0.497 e. The average molecular weight is 1080 g/mol. The van der Waals surface area contributed by atoms with Gasteiger partial charge in [-0.25, -0.2) is 4.98 Å². The Morgan fingerprint density at radius 1 is 0.689 bits per heavy atom. The Labute approximate surface area is 449 Å². The third-order valence-electron chi connectivity index (χ3n) is 13.2. The number of ether oxygens (including phenoxy) is 4. The Kier molecular flexibility index (Phi) is 15.6. The maximum absolute atomic E-state index is 14.1. The quantitative estimate of drug-likeness (QED) is 0.110. The molecular weight excluding hydrogens is 1020 g/mol. The van der Waals surface area contributed by atoms with Gasteiger partial charge in [0.25, 0.3) is 17.4 Å². The maximum atomic E-state index is 14.1. The maximum Gasteiger partial charge on any atom is 0.256 e. The van der Waals surface area contributed by atoms with Crippen LogP contribution >= 0.6 is 46.4 Å². The molecule has 0 spiro atoms. The lowest BCUT2D eigenvalue weighted by Gasteiger charge is -2.31. The third-order valence-corrected chi connectivity index (χ3v) is 14.6. The fourth-order valence-corrected chi connectivity index (χ4v) is 10.8. The van der Waals surface area contributed by atoms with Crippen molar-refractivity contribution in [1.82, 2.24) is 29.3 Å². The molecule has 13 nitrogen and oxygen atoms in total. The number of fused-ring (bicyclic) bond motifs is 4. The number of carbonyl (C=O) groups excluding carboxylic acids is 2. The van der Waals surface area contributed by atoms with Crippen LogP contribution in [0.2, 0.25) is 20.1 Å². The van der Waals surface area contributed by atoms with Gasteiger partial charge in [-0.1, -0.05) is 88.9 Å². The van der Waals surface area contributed by atoms with Gasteiger partial charge in [0.1, 0.15) is 23.9 Å². The molecule has 2 aliphatic heterocycles. The summed E-state index contributed by atoms with van der Waals surface area (Å²) in [4.78, 5) is 54.3. The van der Waals surface area contributed by atoms with E-state index in [0.717, 1.165) is 66.8 Å². The van der Waals surface area contributed by atoms with Gasteiger partial charge in [-0.05, 0) is 101 Å². The van der Waals surface area contributed by atoms with Crippen LogP contribution in [0, 0.1) is 13.8 Å². The Bertz CT molecular complexity index is 3480. The molecule has 0 unspecified atom stereocenters. The van der Waals surface area contributed by atoms with Crippen LogP contribution in [0.4, 0.5) is 0 Å². The minimum atomic E-state index is -0.254. The molecule has 6 heterocycles. The highest BCUT2D eigenvalue weighted by molar-refractivity contribution is 6.39. The predicted molar refractivity (Wildman–Crippen MR) is 292 cm³/mol. The SMILES string of the molecule is COc1ccc(Cn2ccc3c(CN4CCc5c(Cl)cc(OC(C)C)c(Cl)c5C4=O)c(OCc4ccccc4)nc(C)c32)cc1.Cc1[nH]c(=O)c(CN2CCc3c(Cl)cc(OC(C)C)c(Cl)c3C2=O)c2cc[nH]c12. The van der Waals surface area contributed by atoms with Crippen molar-refractivity contribution >= 4 is 80.0 Å². The second-order valence-corrected chi connectivity index (χ2v) is 20.5. The van der Waals surface area contributed by atoms with E-state index in [0.29, 0.717) is 89.7 Å². The average Bonchev–Trinajstić information content (AvgIpc) is 4.04. The van der Waals surface area contributed by atoms with E-state index in [1.807, 2.05) is 90.1 Å². The number of halogens is 4. The number of benzene rings is 4. The zero-order valence-corrected chi connectivity index (χ0v) is 45.2. The summed E-state index contributed by atoms with van der Waals surface area (Å²) in [5.41, 5.74) is 9.02. The van der Waals surface area contributed by atoms with E-state index < -0.39 is 0 Å². The van der Waals surface area contributed by atoms with Gasteiger partial charge in [0.05, 0.1) is 70.3 Å². The van der Waals surface area contributed by atoms with Crippen LogP contribution < -0.4 is 24.5 Å². The van der Waals surface area contributed by atoms with Crippen LogP contribution in [0.15, 0.2) is 96.1 Å². The molecule has 10 rings (SSSR count). The summed E-state index contributed by atoms with van der Waals surface area (Å²) >= 11 is 26.4. The molecule has 0 bridgehead atoms. The molecule has 2 N–H and O–H groups in total. The van der Waals surface area contributed by atoms with E-state index in [-0.39, 0.29) is 46.2 Å². The number of hydrogen-bond donors (Lipinski definition) is 2. The highest BCUT2D eigenvalue weighted by atomic mass is 35.5. The number of nitrogens with zero attached hydrogens (tertiary/aromatic N) is 4. The van der Waals surface area contributed by atoms with Crippen LogP contribution in [0.1, 0.15) is 93.2 Å². The van der Waals surface area contributed by atoms with Gasteiger partial charge in [0, 0.05) is 81.8 Å². The smallest absolute Gasteiger partial charge is 0.256 e. The van der Waals surface area contributed by atoms with Crippen molar-refractivity contribution in [3.05, 3.63) is 178 Å². The second-order valence-electron chi connectivity index (χ2n) is 19.0. The van der Waals surface area contributed by atoms with Gasteiger partial charge < -0.3 is 43.3 Å². The van der Waals surface area contributed by atoms with Crippen LogP contribution in [0.25, 0.3) is 21.8 Å². The van der Waals surface area contributed by atoms with Gasteiger partial charge in [-0.3, -0.25) is 14.4 Å². The monoisotopic (exact) mass is 1080 g/mol. The summed E-state index contributed by atoms with van der Waals surface area (Å²) in [6, 6.07) is 25.3. The molecule has 74 heavy (non-hydrogen) atoms. The molecule has 4 aromatic heterocycles. The van der Waals surface area contributed by atoms with E-state index in [1.54, 1.807) is 35.2 Å². The number of amides is 2. The lowest BCUT2D eigenvalue weighted by atomic mass is 9.97.